The minimum Gasteiger partial charge on any atom is -0.623 e. The second-order valence-corrected chi connectivity index (χ2v) is 5.94. The van der Waals surface area contributed by atoms with Crippen molar-refractivity contribution in [2.24, 2.45) is 0 Å². The lowest BCUT2D eigenvalue weighted by Crippen LogP contribution is -2.41. The Morgan fingerprint density at radius 3 is 2.48 bits per heavy atom. The minimum atomic E-state index is -4.61. The van der Waals surface area contributed by atoms with E-state index >= 15 is 0 Å². The first-order valence-electron chi connectivity index (χ1n) is 7.30. The maximum absolute atomic E-state index is 12.9. The number of hydrogen-bond donors (Lipinski definition) is 0. The van der Waals surface area contributed by atoms with Gasteiger partial charge in [0.25, 0.3) is 5.91 Å². The number of halogens is 4. The highest BCUT2D eigenvalue weighted by atomic mass is 35.5. The van der Waals surface area contributed by atoms with Crippen LogP contribution in [0.2, 0.25) is 5.02 Å². The maximum Gasteiger partial charge on any atom is 0.406 e. The van der Waals surface area contributed by atoms with Gasteiger partial charge < -0.3 is 5.21 Å². The van der Waals surface area contributed by atoms with E-state index in [2.05, 4.69) is 0 Å². The van der Waals surface area contributed by atoms with Crippen LogP contribution in [0.3, 0.4) is 0 Å². The van der Waals surface area contributed by atoms with E-state index in [4.69, 9.17) is 11.6 Å². The van der Waals surface area contributed by atoms with Crippen molar-refractivity contribution in [1.82, 2.24) is 0 Å². The fourth-order valence-electron chi connectivity index (χ4n) is 2.73. The Kier molecular flexibility index (Phi) is 4.43. The number of benzodiazepines with no additional fused rings is 1. The number of rotatable bonds is 2. The molecule has 1 amide bonds. The Hall–Kier alpha value is -2.54. The summed E-state index contributed by atoms with van der Waals surface area (Å²) in [5, 5.41) is 12.7. The molecule has 0 N–H and O–H groups in total. The van der Waals surface area contributed by atoms with Crippen LogP contribution in [-0.2, 0) is 4.79 Å². The standard InChI is InChI=1S/C17H12ClF3N2O2/c18-12-6-7-13-14(8-12)22(10-17(19,20)21)15(24)9-23(25)16(13)11-4-2-1-3-5-11/h1-8H,9-10H2. The summed E-state index contributed by atoms with van der Waals surface area (Å²) in [4.78, 5) is 12.8. The fraction of sp³-hybridized carbons (Fsp3) is 0.176. The number of nitrogens with zero attached hydrogens (tertiary/aromatic N) is 2. The zero-order valence-electron chi connectivity index (χ0n) is 12.8. The first kappa shape index (κ1) is 17.3. The van der Waals surface area contributed by atoms with Crippen LogP contribution in [-0.4, -0.2) is 35.6 Å². The molecule has 1 aliphatic heterocycles. The quantitative estimate of drug-likeness (QED) is 0.600. The molecule has 8 heteroatoms. The average molecular weight is 369 g/mol. The van der Waals surface area contributed by atoms with Crippen molar-refractivity contribution in [3.05, 3.63) is 69.9 Å². The summed E-state index contributed by atoms with van der Waals surface area (Å²) in [6, 6.07) is 12.6. The van der Waals surface area contributed by atoms with Gasteiger partial charge in [0.05, 0.1) is 11.3 Å². The molecular weight excluding hydrogens is 357 g/mol. The molecule has 130 valence electrons. The average Bonchev–Trinajstić information content (AvgIpc) is 2.63. The molecule has 0 fully saturated rings. The van der Waals surface area contributed by atoms with Crippen LogP contribution >= 0.6 is 11.6 Å². The number of alkyl halides is 3. The van der Waals surface area contributed by atoms with Crippen molar-refractivity contribution < 1.29 is 22.7 Å². The molecule has 0 saturated carbocycles. The highest BCUT2D eigenvalue weighted by molar-refractivity contribution is 6.31. The summed E-state index contributed by atoms with van der Waals surface area (Å²) in [5.74, 6) is -0.943. The Balaban J connectivity index is 2.23. The van der Waals surface area contributed by atoms with Gasteiger partial charge >= 0.3 is 6.18 Å². The summed E-state index contributed by atoms with van der Waals surface area (Å²) in [6.45, 7) is -2.21. The van der Waals surface area contributed by atoms with Crippen molar-refractivity contribution in [2.45, 2.75) is 6.18 Å². The Bertz CT molecular complexity index is 851. The number of carbonyl (C=O) groups is 1. The van der Waals surface area contributed by atoms with Crippen molar-refractivity contribution in [1.29, 1.82) is 0 Å². The molecule has 0 radical (unpaired) electrons. The number of hydroxylamine groups is 1. The van der Waals surface area contributed by atoms with E-state index in [1.165, 1.54) is 18.2 Å². The maximum atomic E-state index is 12.9. The first-order chi connectivity index (χ1) is 11.8. The summed E-state index contributed by atoms with van der Waals surface area (Å²) >= 11 is 5.92. The van der Waals surface area contributed by atoms with Gasteiger partial charge in [0, 0.05) is 10.6 Å². The number of amides is 1. The molecule has 2 aromatic carbocycles. The third-order valence-corrected chi connectivity index (χ3v) is 3.95. The molecule has 0 atom stereocenters. The molecule has 0 aromatic heterocycles. The van der Waals surface area contributed by atoms with Gasteiger partial charge in [0.1, 0.15) is 6.54 Å². The number of fused-ring (bicyclic) bond motifs is 1. The van der Waals surface area contributed by atoms with Gasteiger partial charge in [-0.05, 0) is 30.3 Å². The predicted molar refractivity (Wildman–Crippen MR) is 88.0 cm³/mol. The Labute approximate surface area is 146 Å². The van der Waals surface area contributed by atoms with E-state index in [0.29, 0.717) is 15.2 Å². The topological polar surface area (TPSA) is 46.4 Å². The van der Waals surface area contributed by atoms with E-state index in [9.17, 15) is 23.2 Å². The van der Waals surface area contributed by atoms with Crippen molar-refractivity contribution >= 4 is 28.9 Å². The van der Waals surface area contributed by atoms with E-state index in [-0.39, 0.29) is 22.0 Å². The van der Waals surface area contributed by atoms with Crippen LogP contribution in [0.1, 0.15) is 11.1 Å². The molecular formula is C17H12ClF3N2O2. The van der Waals surface area contributed by atoms with Gasteiger partial charge in [-0.2, -0.15) is 17.9 Å². The summed E-state index contributed by atoms with van der Waals surface area (Å²) in [7, 11) is 0. The number of hydrogen-bond acceptors (Lipinski definition) is 2. The molecule has 0 bridgehead atoms. The second-order valence-electron chi connectivity index (χ2n) is 5.51. The lowest BCUT2D eigenvalue weighted by atomic mass is 10.00. The van der Waals surface area contributed by atoms with Crippen molar-refractivity contribution in [3.63, 3.8) is 0 Å². The predicted octanol–water partition coefficient (Wildman–Crippen LogP) is 3.60. The van der Waals surface area contributed by atoms with E-state index in [1.807, 2.05) is 0 Å². The van der Waals surface area contributed by atoms with Crippen LogP contribution < -0.4 is 4.90 Å². The number of carbonyl (C=O) groups excluding carboxylic acids is 1. The monoisotopic (exact) mass is 368 g/mol. The smallest absolute Gasteiger partial charge is 0.406 e. The van der Waals surface area contributed by atoms with Crippen molar-refractivity contribution in [3.8, 4) is 0 Å². The lowest BCUT2D eigenvalue weighted by molar-refractivity contribution is -0.443. The first-order valence-corrected chi connectivity index (χ1v) is 7.68. The van der Waals surface area contributed by atoms with Gasteiger partial charge in [0.2, 0.25) is 12.3 Å². The van der Waals surface area contributed by atoms with Gasteiger partial charge in [-0.3, -0.25) is 9.69 Å². The molecule has 1 aliphatic rings. The molecule has 0 aliphatic carbocycles. The van der Waals surface area contributed by atoms with Crippen LogP contribution in [0.4, 0.5) is 18.9 Å². The molecule has 0 saturated heterocycles. The molecule has 0 spiro atoms. The van der Waals surface area contributed by atoms with Crippen LogP contribution in [0.5, 0.6) is 0 Å². The van der Waals surface area contributed by atoms with Crippen LogP contribution in [0.15, 0.2) is 48.5 Å². The lowest BCUT2D eigenvalue weighted by Gasteiger charge is -2.23. The molecule has 3 rings (SSSR count). The van der Waals surface area contributed by atoms with E-state index < -0.39 is 25.2 Å². The third-order valence-electron chi connectivity index (χ3n) is 3.72. The Morgan fingerprint density at radius 2 is 1.84 bits per heavy atom. The van der Waals surface area contributed by atoms with Gasteiger partial charge in [-0.1, -0.05) is 29.8 Å². The summed E-state index contributed by atoms with van der Waals surface area (Å²) in [6.07, 6.45) is -4.61. The van der Waals surface area contributed by atoms with E-state index in [1.54, 1.807) is 30.3 Å². The SMILES string of the molecule is O=C1C[N+]([O-])=C(c2ccccc2)c2ccc(Cl)cc2N1CC(F)(F)F. The second kappa shape index (κ2) is 6.40. The molecule has 0 unspecified atom stereocenters. The van der Waals surface area contributed by atoms with Gasteiger partial charge in [-0.25, -0.2) is 0 Å². The van der Waals surface area contributed by atoms with Crippen LogP contribution in [0.25, 0.3) is 0 Å². The molecule has 25 heavy (non-hydrogen) atoms. The fourth-order valence-corrected chi connectivity index (χ4v) is 2.90. The third kappa shape index (κ3) is 3.61. The number of benzene rings is 2. The van der Waals surface area contributed by atoms with E-state index in [0.717, 1.165) is 0 Å². The largest absolute Gasteiger partial charge is 0.623 e. The molecule has 4 nitrogen and oxygen atoms in total. The highest BCUT2D eigenvalue weighted by Crippen LogP contribution is 2.31. The minimum absolute atomic E-state index is 0.0352. The van der Waals surface area contributed by atoms with Crippen molar-refractivity contribution in [2.75, 3.05) is 18.0 Å². The van der Waals surface area contributed by atoms with Gasteiger partial charge in [0.15, 0.2) is 0 Å². The van der Waals surface area contributed by atoms with Gasteiger partial charge in [-0.15, -0.1) is 0 Å². The molecule has 2 aromatic rings. The molecule has 1 heterocycles. The summed E-state index contributed by atoms with van der Waals surface area (Å²) in [5.41, 5.74) is 0.820. The normalized spacial score (nSPS) is 15.2. The highest BCUT2D eigenvalue weighted by Gasteiger charge is 2.39. The summed E-state index contributed by atoms with van der Waals surface area (Å²) < 4.78 is 39.2. The number of anilines is 1. The Morgan fingerprint density at radius 1 is 1.16 bits per heavy atom. The van der Waals surface area contributed by atoms with Crippen LogP contribution in [0, 0.1) is 5.21 Å². The zero-order valence-corrected chi connectivity index (χ0v) is 13.5. The zero-order chi connectivity index (χ0) is 18.2.